The molecule has 0 fully saturated rings. The van der Waals surface area contributed by atoms with Crippen molar-refractivity contribution in [3.8, 4) is 5.75 Å². The molecule has 0 aliphatic carbocycles. The lowest BCUT2D eigenvalue weighted by molar-refractivity contribution is -0.385. The quantitative estimate of drug-likeness (QED) is 0.527. The molecule has 0 aromatic heterocycles. The first kappa shape index (κ1) is 13.0. The molecule has 0 amide bonds. The average Bonchev–Trinajstić information content (AvgIpc) is 2.39. The highest BCUT2D eigenvalue weighted by Crippen LogP contribution is 2.28. The van der Waals surface area contributed by atoms with Crippen LogP contribution >= 0.6 is 11.6 Å². The Bertz CT molecular complexity index is 639. The van der Waals surface area contributed by atoms with Gasteiger partial charge in [-0.25, -0.2) is 0 Å². The molecule has 0 bridgehead atoms. The number of nitro groups is 1. The van der Waals surface area contributed by atoms with Gasteiger partial charge in [0.25, 0.3) is 0 Å². The maximum Gasteiger partial charge on any atom is 0.311 e. The molecule has 2 rings (SSSR count). The van der Waals surface area contributed by atoms with Crippen LogP contribution in [-0.4, -0.2) is 16.2 Å². The van der Waals surface area contributed by atoms with Crippen molar-refractivity contribution in [2.24, 2.45) is 4.99 Å². The van der Waals surface area contributed by atoms with Crippen LogP contribution in [0.3, 0.4) is 0 Å². The third-order valence-electron chi connectivity index (χ3n) is 2.42. The summed E-state index contributed by atoms with van der Waals surface area (Å²) in [5, 5.41) is 21.0. The van der Waals surface area contributed by atoms with Crippen molar-refractivity contribution >= 4 is 29.2 Å². The van der Waals surface area contributed by atoms with E-state index in [0.29, 0.717) is 10.7 Å². The molecule has 2 aromatic carbocycles. The molecule has 6 heteroatoms. The van der Waals surface area contributed by atoms with E-state index < -0.39 is 10.7 Å². The van der Waals surface area contributed by atoms with Crippen LogP contribution in [0, 0.1) is 10.1 Å². The van der Waals surface area contributed by atoms with Gasteiger partial charge in [0, 0.05) is 22.9 Å². The summed E-state index contributed by atoms with van der Waals surface area (Å²) in [5.74, 6) is -0.398. The van der Waals surface area contributed by atoms with Crippen molar-refractivity contribution in [3.05, 3.63) is 63.2 Å². The standard InChI is InChI=1S/C13H9ClN2O3/c14-10-4-6-11(7-5-10)15-8-9-2-1-3-12(13(9)17)16(18)19/h1-8,17H. The predicted molar refractivity (Wildman–Crippen MR) is 73.5 cm³/mol. The van der Waals surface area contributed by atoms with Gasteiger partial charge in [0.1, 0.15) is 0 Å². The largest absolute Gasteiger partial charge is 0.502 e. The van der Waals surface area contributed by atoms with Gasteiger partial charge < -0.3 is 5.11 Å². The third-order valence-corrected chi connectivity index (χ3v) is 2.67. The first-order valence-electron chi connectivity index (χ1n) is 5.34. The van der Waals surface area contributed by atoms with Gasteiger partial charge in [0.05, 0.1) is 10.6 Å². The second-order valence-corrected chi connectivity index (χ2v) is 4.14. The van der Waals surface area contributed by atoms with E-state index >= 15 is 0 Å². The van der Waals surface area contributed by atoms with Crippen LogP contribution in [0.25, 0.3) is 0 Å². The molecule has 19 heavy (non-hydrogen) atoms. The molecule has 0 aliphatic heterocycles. The van der Waals surface area contributed by atoms with Gasteiger partial charge in [0.2, 0.25) is 5.75 Å². The van der Waals surface area contributed by atoms with E-state index in [9.17, 15) is 15.2 Å². The van der Waals surface area contributed by atoms with Crippen molar-refractivity contribution in [2.75, 3.05) is 0 Å². The van der Waals surface area contributed by atoms with Crippen LogP contribution in [0.5, 0.6) is 5.75 Å². The van der Waals surface area contributed by atoms with Crippen molar-refractivity contribution in [1.29, 1.82) is 0 Å². The Kier molecular flexibility index (Phi) is 3.77. The molecule has 0 aliphatic rings. The molecule has 0 heterocycles. The Morgan fingerprint density at radius 3 is 2.53 bits per heavy atom. The minimum atomic E-state index is -0.644. The molecule has 5 nitrogen and oxygen atoms in total. The van der Waals surface area contributed by atoms with Gasteiger partial charge in [-0.3, -0.25) is 15.1 Å². The fourth-order valence-electron chi connectivity index (χ4n) is 1.47. The number of para-hydroxylation sites is 1. The Morgan fingerprint density at radius 2 is 1.89 bits per heavy atom. The summed E-state index contributed by atoms with van der Waals surface area (Å²) in [6.07, 6.45) is 1.37. The average molecular weight is 277 g/mol. The second kappa shape index (κ2) is 5.49. The number of benzene rings is 2. The lowest BCUT2D eigenvalue weighted by atomic mass is 10.2. The molecule has 0 saturated heterocycles. The highest BCUT2D eigenvalue weighted by atomic mass is 35.5. The number of halogens is 1. The van der Waals surface area contributed by atoms with Gasteiger partial charge in [-0.15, -0.1) is 0 Å². The first-order valence-corrected chi connectivity index (χ1v) is 5.72. The van der Waals surface area contributed by atoms with Gasteiger partial charge in [0.15, 0.2) is 0 Å². The fourth-order valence-corrected chi connectivity index (χ4v) is 1.60. The summed E-state index contributed by atoms with van der Waals surface area (Å²) in [6, 6.07) is 11.0. The molecule has 0 unspecified atom stereocenters. The zero-order valence-electron chi connectivity index (χ0n) is 9.65. The van der Waals surface area contributed by atoms with E-state index in [0.717, 1.165) is 0 Å². The highest BCUT2D eigenvalue weighted by molar-refractivity contribution is 6.30. The molecule has 0 saturated carbocycles. The summed E-state index contributed by atoms with van der Waals surface area (Å²) in [4.78, 5) is 14.1. The van der Waals surface area contributed by atoms with Gasteiger partial charge in [-0.2, -0.15) is 0 Å². The normalized spacial score (nSPS) is 10.8. The number of hydrogen-bond acceptors (Lipinski definition) is 4. The van der Waals surface area contributed by atoms with Crippen LogP contribution < -0.4 is 0 Å². The summed E-state index contributed by atoms with van der Waals surface area (Å²) in [5.41, 5.74) is 0.569. The number of phenolic OH excluding ortho intramolecular Hbond substituents is 1. The van der Waals surface area contributed by atoms with Gasteiger partial charge >= 0.3 is 5.69 Å². The van der Waals surface area contributed by atoms with Crippen LogP contribution in [0.4, 0.5) is 11.4 Å². The lowest BCUT2D eigenvalue weighted by Gasteiger charge is -1.99. The third kappa shape index (κ3) is 3.08. The van der Waals surface area contributed by atoms with E-state index in [4.69, 9.17) is 11.6 Å². The number of rotatable bonds is 3. The Morgan fingerprint density at radius 1 is 1.21 bits per heavy atom. The maximum absolute atomic E-state index is 10.7. The minimum absolute atomic E-state index is 0.282. The summed E-state index contributed by atoms with van der Waals surface area (Å²) >= 11 is 5.74. The first-order chi connectivity index (χ1) is 9.08. The van der Waals surface area contributed by atoms with Crippen LogP contribution in [0.15, 0.2) is 47.5 Å². The maximum atomic E-state index is 10.7. The number of nitrogens with zero attached hydrogens (tertiary/aromatic N) is 2. The smallest absolute Gasteiger partial charge is 0.311 e. The molecule has 1 N–H and O–H groups in total. The molecule has 96 valence electrons. The Hall–Kier alpha value is -2.40. The summed E-state index contributed by atoms with van der Waals surface area (Å²) in [7, 11) is 0. The van der Waals surface area contributed by atoms with E-state index in [1.807, 2.05) is 0 Å². The zero-order chi connectivity index (χ0) is 13.8. The van der Waals surface area contributed by atoms with E-state index in [2.05, 4.69) is 4.99 Å². The number of phenols is 1. The number of hydrogen-bond donors (Lipinski definition) is 1. The zero-order valence-corrected chi connectivity index (χ0v) is 10.4. The van der Waals surface area contributed by atoms with E-state index in [1.165, 1.54) is 18.3 Å². The van der Waals surface area contributed by atoms with Crippen molar-refractivity contribution < 1.29 is 10.0 Å². The molecular formula is C13H9ClN2O3. The summed E-state index contributed by atoms with van der Waals surface area (Å²) < 4.78 is 0. The SMILES string of the molecule is O=[N+]([O-])c1cccc(C=Nc2ccc(Cl)cc2)c1O. The molecule has 0 radical (unpaired) electrons. The Labute approximate surface area is 113 Å². The van der Waals surface area contributed by atoms with E-state index in [-0.39, 0.29) is 11.3 Å². The number of aliphatic imine (C=N–C) groups is 1. The number of nitro benzene ring substituents is 1. The second-order valence-electron chi connectivity index (χ2n) is 3.71. The van der Waals surface area contributed by atoms with Crippen LogP contribution in [0.1, 0.15) is 5.56 Å². The lowest BCUT2D eigenvalue weighted by Crippen LogP contribution is -1.91. The van der Waals surface area contributed by atoms with Crippen molar-refractivity contribution in [3.63, 3.8) is 0 Å². The van der Waals surface area contributed by atoms with Crippen LogP contribution in [0.2, 0.25) is 5.02 Å². The van der Waals surface area contributed by atoms with E-state index in [1.54, 1.807) is 30.3 Å². The highest BCUT2D eigenvalue weighted by Gasteiger charge is 2.14. The molecular weight excluding hydrogens is 268 g/mol. The van der Waals surface area contributed by atoms with Crippen LogP contribution in [-0.2, 0) is 0 Å². The fraction of sp³-hybridized carbons (Fsp3) is 0. The minimum Gasteiger partial charge on any atom is -0.502 e. The summed E-state index contributed by atoms with van der Waals surface area (Å²) in [6.45, 7) is 0. The topological polar surface area (TPSA) is 75.7 Å². The van der Waals surface area contributed by atoms with Crippen molar-refractivity contribution in [1.82, 2.24) is 0 Å². The Balaban J connectivity index is 2.31. The predicted octanol–water partition coefficient (Wildman–Crippen LogP) is 3.70. The molecule has 2 aromatic rings. The molecule has 0 atom stereocenters. The van der Waals surface area contributed by atoms with Gasteiger partial charge in [-0.1, -0.05) is 17.7 Å². The van der Waals surface area contributed by atoms with Crippen molar-refractivity contribution in [2.45, 2.75) is 0 Å². The van der Waals surface area contributed by atoms with Gasteiger partial charge in [-0.05, 0) is 30.3 Å². The monoisotopic (exact) mass is 276 g/mol. The number of aromatic hydroxyl groups is 1. The molecule has 0 spiro atoms.